The van der Waals surface area contributed by atoms with Crippen molar-refractivity contribution >= 4 is 21.8 Å². The average molecular weight is 358 g/mol. The van der Waals surface area contributed by atoms with Crippen molar-refractivity contribution in [1.82, 2.24) is 4.72 Å². The molecule has 2 aromatic rings. The molecule has 0 saturated carbocycles. The molecule has 24 heavy (non-hydrogen) atoms. The zero-order chi connectivity index (χ0) is 17.2. The van der Waals surface area contributed by atoms with Gasteiger partial charge >= 0.3 is 0 Å². The van der Waals surface area contributed by atoms with Crippen LogP contribution in [0.4, 0.5) is 0 Å². The van der Waals surface area contributed by atoms with Crippen molar-refractivity contribution in [3.8, 4) is 6.07 Å². The maximum Gasteiger partial charge on any atom is 0.240 e. The van der Waals surface area contributed by atoms with Crippen LogP contribution in [0.5, 0.6) is 0 Å². The molecule has 0 spiro atoms. The van der Waals surface area contributed by atoms with Gasteiger partial charge in [0.1, 0.15) is 0 Å². The average Bonchev–Trinajstić information content (AvgIpc) is 2.73. The number of hydrogen-bond donors (Lipinski definition) is 1. The highest BCUT2D eigenvalue weighted by Gasteiger charge is 2.21. The second-order valence-corrected chi connectivity index (χ2v) is 8.56. The van der Waals surface area contributed by atoms with Crippen LogP contribution in [0.1, 0.15) is 23.1 Å². The van der Waals surface area contributed by atoms with Crippen molar-refractivity contribution in [2.75, 3.05) is 6.54 Å². The predicted molar refractivity (Wildman–Crippen MR) is 94.6 cm³/mol. The summed E-state index contributed by atoms with van der Waals surface area (Å²) in [5.41, 5.74) is 3.22. The Kier molecular flexibility index (Phi) is 4.95. The van der Waals surface area contributed by atoms with E-state index in [-0.39, 0.29) is 13.0 Å². The molecule has 1 aliphatic heterocycles. The van der Waals surface area contributed by atoms with Gasteiger partial charge in [0, 0.05) is 22.8 Å². The lowest BCUT2D eigenvalue weighted by molar-refractivity contribution is 0.581. The second-order valence-electron chi connectivity index (χ2n) is 5.74. The van der Waals surface area contributed by atoms with Gasteiger partial charge in [-0.05, 0) is 48.6 Å². The van der Waals surface area contributed by atoms with E-state index in [2.05, 4.69) is 16.9 Å². The molecule has 3 rings (SSSR count). The zero-order valence-electron chi connectivity index (χ0n) is 13.4. The maximum absolute atomic E-state index is 12.5. The molecular weight excluding hydrogens is 340 g/mol. The summed E-state index contributed by atoms with van der Waals surface area (Å²) in [5.74, 6) is 0. The van der Waals surface area contributed by atoms with Gasteiger partial charge in [0.2, 0.25) is 10.0 Å². The molecule has 2 aromatic carbocycles. The molecule has 1 N–H and O–H groups in total. The molecule has 0 radical (unpaired) electrons. The standard InChI is InChI=1S/C18H18N2O2S2/c1-13-11-15-8-7-14-5-2-3-6-16(14)23-17(15)12-18(13)24(21,22)20-10-4-9-19/h2-3,5-6,11-12,20H,4,7-8,10H2,1H3. The number of fused-ring (bicyclic) bond motifs is 2. The van der Waals surface area contributed by atoms with Gasteiger partial charge in [0.15, 0.2) is 0 Å². The number of aryl methyl sites for hydroxylation is 3. The molecule has 1 aliphatic rings. The van der Waals surface area contributed by atoms with Crippen LogP contribution in [0.3, 0.4) is 0 Å². The highest BCUT2D eigenvalue weighted by Crippen LogP contribution is 2.38. The third kappa shape index (κ3) is 3.48. The number of sulfonamides is 1. The van der Waals surface area contributed by atoms with E-state index in [0.29, 0.717) is 4.90 Å². The van der Waals surface area contributed by atoms with Gasteiger partial charge in [0.05, 0.1) is 11.0 Å². The van der Waals surface area contributed by atoms with E-state index in [1.54, 1.807) is 17.8 Å². The highest BCUT2D eigenvalue weighted by molar-refractivity contribution is 7.99. The molecule has 0 amide bonds. The third-order valence-corrected chi connectivity index (χ3v) is 6.85. The summed E-state index contributed by atoms with van der Waals surface area (Å²) in [6.07, 6.45) is 2.02. The first-order chi connectivity index (χ1) is 11.5. The van der Waals surface area contributed by atoms with Crippen LogP contribution in [0.25, 0.3) is 0 Å². The quantitative estimate of drug-likeness (QED) is 0.850. The number of rotatable bonds is 4. The molecule has 0 aliphatic carbocycles. The highest BCUT2D eigenvalue weighted by atomic mass is 32.2. The lowest BCUT2D eigenvalue weighted by Crippen LogP contribution is -2.25. The first-order valence-corrected chi connectivity index (χ1v) is 10.1. The molecule has 4 nitrogen and oxygen atoms in total. The minimum Gasteiger partial charge on any atom is -0.210 e. The Labute approximate surface area is 146 Å². The first kappa shape index (κ1) is 17.0. The minimum absolute atomic E-state index is 0.130. The van der Waals surface area contributed by atoms with Crippen LogP contribution < -0.4 is 4.72 Å². The van der Waals surface area contributed by atoms with Crippen molar-refractivity contribution in [3.05, 3.63) is 53.1 Å². The molecule has 0 fully saturated rings. The molecule has 0 atom stereocenters. The van der Waals surface area contributed by atoms with E-state index in [1.165, 1.54) is 16.0 Å². The summed E-state index contributed by atoms with van der Waals surface area (Å²) in [6, 6.07) is 13.9. The largest absolute Gasteiger partial charge is 0.240 e. The van der Waals surface area contributed by atoms with Crippen molar-refractivity contribution in [1.29, 1.82) is 5.26 Å². The second kappa shape index (κ2) is 6.98. The minimum atomic E-state index is -3.60. The Morgan fingerprint density at radius 2 is 1.92 bits per heavy atom. The molecule has 0 unspecified atom stereocenters. The number of benzene rings is 2. The lowest BCUT2D eigenvalue weighted by Gasteiger charge is -2.13. The van der Waals surface area contributed by atoms with E-state index in [1.807, 2.05) is 31.2 Å². The fourth-order valence-electron chi connectivity index (χ4n) is 2.83. The van der Waals surface area contributed by atoms with Gasteiger partial charge in [0.25, 0.3) is 0 Å². The number of hydrogen-bond acceptors (Lipinski definition) is 4. The number of nitriles is 1. The Morgan fingerprint density at radius 3 is 2.71 bits per heavy atom. The van der Waals surface area contributed by atoms with E-state index in [9.17, 15) is 8.42 Å². The van der Waals surface area contributed by atoms with E-state index in [4.69, 9.17) is 5.26 Å². The Hall–Kier alpha value is -1.81. The van der Waals surface area contributed by atoms with Crippen LogP contribution in [-0.4, -0.2) is 15.0 Å². The normalized spacial score (nSPS) is 13.5. The molecule has 6 heteroatoms. The topological polar surface area (TPSA) is 70.0 Å². The maximum atomic E-state index is 12.5. The van der Waals surface area contributed by atoms with Crippen molar-refractivity contribution in [2.45, 2.75) is 40.9 Å². The summed E-state index contributed by atoms with van der Waals surface area (Å²) in [4.78, 5) is 2.47. The number of nitrogens with one attached hydrogen (secondary N) is 1. The van der Waals surface area contributed by atoms with Crippen molar-refractivity contribution < 1.29 is 8.42 Å². The van der Waals surface area contributed by atoms with Crippen LogP contribution in [-0.2, 0) is 22.9 Å². The smallest absolute Gasteiger partial charge is 0.210 e. The van der Waals surface area contributed by atoms with Gasteiger partial charge < -0.3 is 0 Å². The van der Waals surface area contributed by atoms with E-state index in [0.717, 1.165) is 23.3 Å². The summed E-state index contributed by atoms with van der Waals surface area (Å²) in [6.45, 7) is 1.95. The molecule has 1 heterocycles. The monoisotopic (exact) mass is 358 g/mol. The van der Waals surface area contributed by atoms with Gasteiger partial charge in [-0.25, -0.2) is 13.1 Å². The predicted octanol–water partition coefficient (Wildman–Crippen LogP) is 3.44. The SMILES string of the molecule is Cc1cc2c(cc1S(=O)(=O)NCCC#N)Sc1ccccc1CC2. The Balaban J connectivity index is 1.98. The molecule has 0 bridgehead atoms. The van der Waals surface area contributed by atoms with Crippen LogP contribution in [0.15, 0.2) is 51.1 Å². The molecule has 124 valence electrons. The fourth-order valence-corrected chi connectivity index (χ4v) is 5.34. The van der Waals surface area contributed by atoms with Gasteiger partial charge in [-0.2, -0.15) is 5.26 Å². The van der Waals surface area contributed by atoms with Crippen LogP contribution in [0.2, 0.25) is 0 Å². The van der Waals surface area contributed by atoms with Crippen LogP contribution in [0, 0.1) is 18.3 Å². The summed E-state index contributed by atoms with van der Waals surface area (Å²) >= 11 is 1.63. The molecule has 0 aromatic heterocycles. The fraction of sp³-hybridized carbons (Fsp3) is 0.278. The third-order valence-electron chi connectivity index (χ3n) is 4.03. The Bertz CT molecular complexity index is 915. The molecular formula is C18H18N2O2S2. The van der Waals surface area contributed by atoms with Crippen molar-refractivity contribution in [2.24, 2.45) is 0 Å². The van der Waals surface area contributed by atoms with Crippen LogP contribution >= 0.6 is 11.8 Å². The van der Waals surface area contributed by atoms with Crippen molar-refractivity contribution in [3.63, 3.8) is 0 Å². The zero-order valence-corrected chi connectivity index (χ0v) is 15.0. The first-order valence-electron chi connectivity index (χ1n) is 7.77. The van der Waals surface area contributed by atoms with Gasteiger partial charge in [-0.15, -0.1) is 0 Å². The summed E-state index contributed by atoms with van der Waals surface area (Å²) < 4.78 is 27.5. The van der Waals surface area contributed by atoms with Gasteiger partial charge in [-0.3, -0.25) is 0 Å². The number of nitrogens with zero attached hydrogens (tertiary/aromatic N) is 1. The van der Waals surface area contributed by atoms with Gasteiger partial charge in [-0.1, -0.05) is 36.0 Å². The molecule has 0 saturated heterocycles. The Morgan fingerprint density at radius 1 is 1.17 bits per heavy atom. The lowest BCUT2D eigenvalue weighted by atomic mass is 10.0. The summed E-state index contributed by atoms with van der Waals surface area (Å²) in [5, 5.41) is 8.58. The van der Waals surface area contributed by atoms with E-state index < -0.39 is 10.0 Å². The summed E-state index contributed by atoms with van der Waals surface area (Å²) in [7, 11) is -3.60. The van der Waals surface area contributed by atoms with E-state index >= 15 is 0 Å².